The van der Waals surface area contributed by atoms with Crippen molar-refractivity contribution in [3.63, 3.8) is 0 Å². The minimum Gasteiger partial charge on any atom is -0.355 e. The highest BCUT2D eigenvalue weighted by Gasteiger charge is 2.16. The smallest absolute Gasteiger partial charge is 0.230 e. The number of pyridine rings is 1. The highest BCUT2D eigenvalue weighted by molar-refractivity contribution is 7.99. The first kappa shape index (κ1) is 21.6. The maximum atomic E-state index is 12.4. The maximum Gasteiger partial charge on any atom is 0.230 e. The van der Waals surface area contributed by atoms with Gasteiger partial charge >= 0.3 is 0 Å². The minimum atomic E-state index is -0.0720. The van der Waals surface area contributed by atoms with Gasteiger partial charge < -0.3 is 11.2 Å². The predicted molar refractivity (Wildman–Crippen MR) is 126 cm³/mol. The van der Waals surface area contributed by atoms with Crippen molar-refractivity contribution >= 4 is 17.7 Å². The van der Waals surface area contributed by atoms with Crippen LogP contribution >= 0.6 is 11.8 Å². The van der Waals surface area contributed by atoms with E-state index in [0.29, 0.717) is 23.2 Å². The van der Waals surface area contributed by atoms with Gasteiger partial charge in [-0.1, -0.05) is 78.5 Å². The number of benzene rings is 2. The highest BCUT2D eigenvalue weighted by Crippen LogP contribution is 2.27. The van der Waals surface area contributed by atoms with Gasteiger partial charge in [0.1, 0.15) is 5.69 Å². The molecule has 2 heterocycles. The Hall–Kier alpha value is -3.65. The SMILES string of the molecule is Nn1c(SCC(=O)NCCC(c2ccccc2)c2ccccc2)nnc1-c1ccccn1. The fourth-order valence-corrected chi connectivity index (χ4v) is 4.17. The number of hydrogen-bond acceptors (Lipinski definition) is 6. The van der Waals surface area contributed by atoms with Crippen LogP contribution in [0.4, 0.5) is 0 Å². The third-order valence-corrected chi connectivity index (χ3v) is 5.99. The van der Waals surface area contributed by atoms with Gasteiger partial charge in [0.25, 0.3) is 0 Å². The van der Waals surface area contributed by atoms with Crippen LogP contribution in [0.3, 0.4) is 0 Å². The second kappa shape index (κ2) is 10.6. The number of nitrogens with two attached hydrogens (primary N) is 1. The maximum absolute atomic E-state index is 12.4. The molecule has 2 aromatic heterocycles. The van der Waals surface area contributed by atoms with E-state index in [1.165, 1.54) is 27.6 Å². The predicted octanol–water partition coefficient (Wildman–Crippen LogP) is 3.48. The van der Waals surface area contributed by atoms with Crippen molar-refractivity contribution in [2.24, 2.45) is 0 Å². The molecule has 4 rings (SSSR count). The van der Waals surface area contributed by atoms with E-state index >= 15 is 0 Å². The molecular weight excluding hydrogens is 420 g/mol. The van der Waals surface area contributed by atoms with E-state index in [4.69, 9.17) is 5.84 Å². The first-order chi connectivity index (χ1) is 15.7. The number of nitrogens with one attached hydrogen (secondary N) is 1. The Kier molecular flexibility index (Phi) is 7.14. The van der Waals surface area contributed by atoms with Gasteiger partial charge in [-0.3, -0.25) is 9.78 Å². The van der Waals surface area contributed by atoms with Gasteiger partial charge in [0.2, 0.25) is 16.9 Å². The second-order valence-corrected chi connectivity index (χ2v) is 8.13. The molecule has 0 spiro atoms. The number of hydrogen-bond donors (Lipinski definition) is 2. The summed E-state index contributed by atoms with van der Waals surface area (Å²) in [5, 5.41) is 11.6. The monoisotopic (exact) mass is 444 g/mol. The lowest BCUT2D eigenvalue weighted by molar-refractivity contribution is -0.118. The van der Waals surface area contributed by atoms with Gasteiger partial charge in [-0.15, -0.1) is 10.2 Å². The summed E-state index contributed by atoms with van der Waals surface area (Å²) in [6, 6.07) is 26.2. The molecule has 0 aliphatic heterocycles. The van der Waals surface area contributed by atoms with Crippen molar-refractivity contribution in [1.82, 2.24) is 25.2 Å². The van der Waals surface area contributed by atoms with E-state index in [9.17, 15) is 4.79 Å². The Morgan fingerprint density at radius 3 is 2.22 bits per heavy atom. The molecule has 0 unspecified atom stereocenters. The molecule has 0 saturated heterocycles. The Bertz CT molecular complexity index is 1100. The molecule has 8 heteroatoms. The van der Waals surface area contributed by atoms with Gasteiger partial charge in [-0.25, -0.2) is 4.68 Å². The van der Waals surface area contributed by atoms with Crippen LogP contribution in [-0.4, -0.2) is 38.1 Å². The molecule has 4 aromatic rings. The largest absolute Gasteiger partial charge is 0.355 e. The molecule has 0 radical (unpaired) electrons. The van der Waals surface area contributed by atoms with Crippen molar-refractivity contribution in [2.75, 3.05) is 18.1 Å². The van der Waals surface area contributed by atoms with Crippen molar-refractivity contribution in [2.45, 2.75) is 17.5 Å². The molecule has 0 fully saturated rings. The zero-order valence-electron chi connectivity index (χ0n) is 17.5. The number of nitrogens with zero attached hydrogens (tertiary/aromatic N) is 4. The zero-order chi connectivity index (χ0) is 22.2. The number of amides is 1. The van der Waals surface area contributed by atoms with E-state index < -0.39 is 0 Å². The summed E-state index contributed by atoms with van der Waals surface area (Å²) >= 11 is 1.25. The summed E-state index contributed by atoms with van der Waals surface area (Å²) in [5.41, 5.74) is 3.10. The van der Waals surface area contributed by atoms with Crippen LogP contribution in [0.2, 0.25) is 0 Å². The summed E-state index contributed by atoms with van der Waals surface area (Å²) < 4.78 is 1.36. The molecule has 0 saturated carbocycles. The van der Waals surface area contributed by atoms with Crippen molar-refractivity contribution in [3.8, 4) is 11.5 Å². The lowest BCUT2D eigenvalue weighted by Crippen LogP contribution is -2.27. The lowest BCUT2D eigenvalue weighted by atomic mass is 9.88. The molecular formula is C24H24N6OS. The molecule has 0 aliphatic carbocycles. The molecule has 2 aromatic carbocycles. The number of nitrogen functional groups attached to an aromatic ring is 1. The Morgan fingerprint density at radius 2 is 1.59 bits per heavy atom. The van der Waals surface area contributed by atoms with E-state index in [2.05, 4.69) is 44.8 Å². The van der Waals surface area contributed by atoms with E-state index in [1.54, 1.807) is 6.20 Å². The summed E-state index contributed by atoms with van der Waals surface area (Å²) in [6.07, 6.45) is 2.48. The topological polar surface area (TPSA) is 98.7 Å². The molecule has 7 nitrogen and oxygen atoms in total. The fourth-order valence-electron chi connectivity index (χ4n) is 3.48. The Labute approximate surface area is 191 Å². The van der Waals surface area contributed by atoms with Gasteiger partial charge in [0.15, 0.2) is 0 Å². The number of carbonyl (C=O) groups is 1. The van der Waals surface area contributed by atoms with Crippen LogP contribution in [0.1, 0.15) is 23.5 Å². The molecule has 0 bridgehead atoms. The first-order valence-corrected chi connectivity index (χ1v) is 11.3. The minimum absolute atomic E-state index is 0.0720. The summed E-state index contributed by atoms with van der Waals surface area (Å²) in [5.74, 6) is 6.91. The van der Waals surface area contributed by atoms with E-state index in [1.807, 2.05) is 54.6 Å². The van der Waals surface area contributed by atoms with Gasteiger partial charge in [0.05, 0.1) is 5.75 Å². The average Bonchev–Trinajstić information content (AvgIpc) is 3.22. The zero-order valence-corrected chi connectivity index (χ0v) is 18.3. The number of carbonyl (C=O) groups excluding carboxylic acids is 1. The quantitative estimate of drug-likeness (QED) is 0.303. The Balaban J connectivity index is 1.32. The van der Waals surface area contributed by atoms with Crippen LogP contribution in [0, 0.1) is 0 Å². The van der Waals surface area contributed by atoms with Gasteiger partial charge in [-0.2, -0.15) is 0 Å². The van der Waals surface area contributed by atoms with Gasteiger partial charge in [0, 0.05) is 18.7 Å². The standard InChI is InChI=1S/C24H24N6OS/c25-30-23(21-13-7-8-15-26-21)28-29-24(30)32-17-22(31)27-16-14-20(18-9-3-1-4-10-18)19-11-5-2-6-12-19/h1-13,15,20H,14,16-17,25H2,(H,27,31). The molecule has 162 valence electrons. The lowest BCUT2D eigenvalue weighted by Gasteiger charge is -2.18. The Morgan fingerprint density at radius 1 is 0.938 bits per heavy atom. The third kappa shape index (κ3) is 5.33. The first-order valence-electron chi connectivity index (χ1n) is 10.3. The average molecular weight is 445 g/mol. The van der Waals surface area contributed by atoms with Crippen LogP contribution in [-0.2, 0) is 4.79 Å². The van der Waals surface area contributed by atoms with Crippen LogP contribution < -0.4 is 11.2 Å². The second-order valence-electron chi connectivity index (χ2n) is 7.19. The van der Waals surface area contributed by atoms with Crippen molar-refractivity contribution < 1.29 is 4.79 Å². The van der Waals surface area contributed by atoms with Crippen molar-refractivity contribution in [1.29, 1.82) is 0 Å². The van der Waals surface area contributed by atoms with E-state index in [-0.39, 0.29) is 17.6 Å². The number of rotatable bonds is 9. The summed E-state index contributed by atoms with van der Waals surface area (Å²) in [6.45, 7) is 0.572. The molecule has 0 aliphatic rings. The van der Waals surface area contributed by atoms with Crippen LogP contribution in [0.15, 0.2) is 90.2 Å². The molecule has 0 atom stereocenters. The van der Waals surface area contributed by atoms with Crippen molar-refractivity contribution in [3.05, 3.63) is 96.2 Å². The van der Waals surface area contributed by atoms with Crippen LogP contribution in [0.5, 0.6) is 0 Å². The fraction of sp³-hybridized carbons (Fsp3) is 0.167. The summed E-state index contributed by atoms with van der Waals surface area (Å²) in [4.78, 5) is 16.6. The number of thioether (sulfide) groups is 1. The number of aromatic nitrogens is 4. The normalized spacial score (nSPS) is 10.9. The van der Waals surface area contributed by atoms with Gasteiger partial charge in [-0.05, 0) is 29.7 Å². The molecule has 32 heavy (non-hydrogen) atoms. The van der Waals surface area contributed by atoms with Crippen LogP contribution in [0.25, 0.3) is 11.5 Å². The molecule has 1 amide bonds. The van der Waals surface area contributed by atoms with E-state index in [0.717, 1.165) is 6.42 Å². The molecule has 3 N–H and O–H groups in total. The summed E-state index contributed by atoms with van der Waals surface area (Å²) in [7, 11) is 0. The third-order valence-electron chi connectivity index (χ3n) is 5.05. The highest BCUT2D eigenvalue weighted by atomic mass is 32.2.